The molecule has 2 atom stereocenters. The molecule has 0 saturated heterocycles. The number of hydrogen-bond donors (Lipinski definition) is 1. The average molecular weight is 305 g/mol. The van der Waals surface area contributed by atoms with Crippen LogP contribution in [0.5, 0.6) is 11.5 Å². The van der Waals surface area contributed by atoms with Crippen LogP contribution in [0.1, 0.15) is 71.9 Å². The second-order valence-corrected chi connectivity index (χ2v) is 6.34. The molecule has 3 nitrogen and oxygen atoms in total. The van der Waals surface area contributed by atoms with E-state index in [0.717, 1.165) is 43.7 Å². The molecule has 1 aromatic rings. The first kappa shape index (κ1) is 17.1. The highest BCUT2D eigenvalue weighted by Gasteiger charge is 2.38. The highest BCUT2D eigenvalue weighted by atomic mass is 16.5. The van der Waals surface area contributed by atoms with Gasteiger partial charge in [0, 0.05) is 24.1 Å². The van der Waals surface area contributed by atoms with E-state index in [2.05, 4.69) is 58.1 Å². The Kier molecular flexibility index (Phi) is 5.74. The van der Waals surface area contributed by atoms with Crippen LogP contribution in [0.15, 0.2) is 18.2 Å². The Balaban J connectivity index is 2.32. The van der Waals surface area contributed by atoms with Gasteiger partial charge in [-0.25, -0.2) is 0 Å². The van der Waals surface area contributed by atoms with Crippen molar-refractivity contribution in [3.8, 4) is 11.5 Å². The van der Waals surface area contributed by atoms with E-state index in [-0.39, 0.29) is 11.7 Å². The fourth-order valence-electron chi connectivity index (χ4n) is 3.15. The Morgan fingerprint density at radius 2 is 2.00 bits per heavy atom. The molecule has 0 amide bonds. The molecule has 22 heavy (non-hydrogen) atoms. The van der Waals surface area contributed by atoms with Crippen LogP contribution in [-0.4, -0.2) is 18.2 Å². The molecule has 124 valence electrons. The molecule has 0 radical (unpaired) electrons. The zero-order valence-electron chi connectivity index (χ0n) is 14.7. The van der Waals surface area contributed by atoms with E-state index in [0.29, 0.717) is 6.04 Å². The molecule has 1 aliphatic rings. The summed E-state index contributed by atoms with van der Waals surface area (Å²) in [4.78, 5) is 0. The Bertz CT molecular complexity index is 482. The van der Waals surface area contributed by atoms with Crippen molar-refractivity contribution in [1.82, 2.24) is 5.32 Å². The minimum Gasteiger partial charge on any atom is -0.491 e. The van der Waals surface area contributed by atoms with Crippen molar-refractivity contribution in [3.05, 3.63) is 23.8 Å². The summed E-state index contributed by atoms with van der Waals surface area (Å²) in [7, 11) is 0. The maximum Gasteiger partial charge on any atom is 0.128 e. The SMILES string of the molecule is CCNC1CC(CC)(CC)Oc2cc(OC(C)CC)ccc21. The lowest BCUT2D eigenvalue weighted by atomic mass is 9.83. The van der Waals surface area contributed by atoms with E-state index in [9.17, 15) is 0 Å². The standard InChI is InChI=1S/C19H31NO2/c1-6-14(5)21-15-10-11-16-17(20-9-4)13-19(7-2,8-3)22-18(16)12-15/h10-12,14,17,20H,6-9,13H2,1-5H3. The Morgan fingerprint density at radius 3 is 2.59 bits per heavy atom. The molecule has 0 fully saturated rings. The summed E-state index contributed by atoms with van der Waals surface area (Å²) in [5.41, 5.74) is 1.20. The maximum absolute atomic E-state index is 6.43. The molecule has 3 heteroatoms. The van der Waals surface area contributed by atoms with Crippen molar-refractivity contribution in [2.24, 2.45) is 0 Å². The molecular weight excluding hydrogens is 274 g/mol. The lowest BCUT2D eigenvalue weighted by Gasteiger charge is -2.42. The topological polar surface area (TPSA) is 30.5 Å². The number of fused-ring (bicyclic) bond motifs is 1. The van der Waals surface area contributed by atoms with Gasteiger partial charge in [-0.1, -0.05) is 33.8 Å². The normalized spacial score (nSPS) is 20.9. The van der Waals surface area contributed by atoms with Gasteiger partial charge in [-0.2, -0.15) is 0 Å². The third-order valence-corrected chi connectivity index (χ3v) is 4.91. The quantitative estimate of drug-likeness (QED) is 0.780. The van der Waals surface area contributed by atoms with Gasteiger partial charge in [0.1, 0.15) is 17.1 Å². The van der Waals surface area contributed by atoms with Crippen molar-refractivity contribution in [2.75, 3.05) is 6.54 Å². The summed E-state index contributed by atoms with van der Waals surface area (Å²) in [6, 6.07) is 6.68. The van der Waals surface area contributed by atoms with Crippen LogP contribution < -0.4 is 14.8 Å². The lowest BCUT2D eigenvalue weighted by molar-refractivity contribution is 0.0227. The fraction of sp³-hybridized carbons (Fsp3) is 0.684. The minimum absolute atomic E-state index is 0.0607. The molecule has 0 saturated carbocycles. The Hall–Kier alpha value is -1.22. The van der Waals surface area contributed by atoms with Crippen LogP contribution >= 0.6 is 0 Å². The summed E-state index contributed by atoms with van der Waals surface area (Å²) in [5.74, 6) is 1.90. The van der Waals surface area contributed by atoms with Crippen LogP contribution in [0, 0.1) is 0 Å². The first-order chi connectivity index (χ1) is 10.6. The number of hydrogen-bond acceptors (Lipinski definition) is 3. The number of rotatable bonds is 7. The van der Waals surface area contributed by atoms with Gasteiger partial charge < -0.3 is 14.8 Å². The lowest BCUT2D eigenvalue weighted by Crippen LogP contribution is -2.43. The van der Waals surface area contributed by atoms with Crippen molar-refractivity contribution in [1.29, 1.82) is 0 Å². The molecule has 0 bridgehead atoms. The third-order valence-electron chi connectivity index (χ3n) is 4.91. The molecule has 1 heterocycles. The van der Waals surface area contributed by atoms with Gasteiger partial charge in [0.25, 0.3) is 0 Å². The average Bonchev–Trinajstić information content (AvgIpc) is 2.54. The molecule has 2 rings (SSSR count). The van der Waals surface area contributed by atoms with E-state index in [1.165, 1.54) is 5.56 Å². The van der Waals surface area contributed by atoms with Gasteiger partial charge in [0.05, 0.1) is 6.10 Å². The fourth-order valence-corrected chi connectivity index (χ4v) is 3.15. The summed E-state index contributed by atoms with van der Waals surface area (Å²) >= 11 is 0. The summed E-state index contributed by atoms with van der Waals surface area (Å²) in [6.45, 7) is 11.8. The molecular formula is C19H31NO2. The second-order valence-electron chi connectivity index (χ2n) is 6.34. The Labute approximate surface area is 135 Å². The van der Waals surface area contributed by atoms with E-state index < -0.39 is 0 Å². The van der Waals surface area contributed by atoms with Crippen LogP contribution in [0.3, 0.4) is 0 Å². The van der Waals surface area contributed by atoms with Crippen LogP contribution in [0.25, 0.3) is 0 Å². The second kappa shape index (κ2) is 7.36. The van der Waals surface area contributed by atoms with Gasteiger partial charge in [-0.3, -0.25) is 0 Å². The van der Waals surface area contributed by atoms with Crippen molar-refractivity contribution >= 4 is 0 Å². The van der Waals surface area contributed by atoms with Crippen molar-refractivity contribution < 1.29 is 9.47 Å². The predicted molar refractivity (Wildman–Crippen MR) is 91.8 cm³/mol. The smallest absolute Gasteiger partial charge is 0.128 e. The molecule has 1 aliphatic heterocycles. The molecule has 1 aromatic carbocycles. The van der Waals surface area contributed by atoms with Gasteiger partial charge in [-0.05, 0) is 38.8 Å². The minimum atomic E-state index is -0.0607. The molecule has 0 aromatic heterocycles. The Morgan fingerprint density at radius 1 is 1.27 bits per heavy atom. The predicted octanol–water partition coefficient (Wildman–Crippen LogP) is 4.86. The molecule has 0 spiro atoms. The highest BCUT2D eigenvalue weighted by Crippen LogP contribution is 2.44. The van der Waals surface area contributed by atoms with Crippen LogP contribution in [0.4, 0.5) is 0 Å². The first-order valence-electron chi connectivity index (χ1n) is 8.80. The van der Waals surface area contributed by atoms with Gasteiger partial charge >= 0.3 is 0 Å². The zero-order valence-corrected chi connectivity index (χ0v) is 14.7. The van der Waals surface area contributed by atoms with Crippen molar-refractivity contribution in [3.63, 3.8) is 0 Å². The largest absolute Gasteiger partial charge is 0.491 e. The monoisotopic (exact) mass is 305 g/mol. The van der Waals surface area contributed by atoms with Crippen molar-refractivity contribution in [2.45, 2.75) is 78.0 Å². The summed E-state index contributed by atoms with van der Waals surface area (Å²) < 4.78 is 12.4. The van der Waals surface area contributed by atoms with E-state index in [4.69, 9.17) is 9.47 Å². The number of nitrogens with one attached hydrogen (secondary N) is 1. The van der Waals surface area contributed by atoms with Gasteiger partial charge in [0.2, 0.25) is 0 Å². The third kappa shape index (κ3) is 3.57. The summed E-state index contributed by atoms with van der Waals surface area (Å²) in [5, 5.41) is 3.61. The number of ether oxygens (including phenoxy) is 2. The van der Waals surface area contributed by atoms with E-state index in [1.807, 2.05) is 0 Å². The number of benzene rings is 1. The molecule has 2 unspecified atom stereocenters. The van der Waals surface area contributed by atoms with Gasteiger partial charge in [0.15, 0.2) is 0 Å². The molecule has 0 aliphatic carbocycles. The zero-order chi connectivity index (χ0) is 16.2. The molecule has 1 N–H and O–H groups in total. The van der Waals surface area contributed by atoms with Crippen LogP contribution in [0.2, 0.25) is 0 Å². The first-order valence-corrected chi connectivity index (χ1v) is 8.80. The van der Waals surface area contributed by atoms with Crippen LogP contribution in [-0.2, 0) is 0 Å². The van der Waals surface area contributed by atoms with E-state index in [1.54, 1.807) is 0 Å². The highest BCUT2D eigenvalue weighted by molar-refractivity contribution is 5.44. The van der Waals surface area contributed by atoms with Gasteiger partial charge in [-0.15, -0.1) is 0 Å². The summed E-state index contributed by atoms with van der Waals surface area (Å²) in [6.07, 6.45) is 4.33. The maximum atomic E-state index is 6.43. The van der Waals surface area contributed by atoms with E-state index >= 15 is 0 Å².